The molecule has 1 rings (SSSR count). The van der Waals surface area contributed by atoms with Crippen LogP contribution in [0.1, 0.15) is 42.6 Å². The van der Waals surface area contributed by atoms with Crippen molar-refractivity contribution in [2.24, 2.45) is 0 Å². The first-order valence-electron chi connectivity index (χ1n) is 6.09. The number of amides is 1. The van der Waals surface area contributed by atoms with Crippen LogP contribution in [0.3, 0.4) is 0 Å². The largest absolute Gasteiger partial charge is 0.378 e. The number of aryl methyl sites for hydroxylation is 2. The minimum Gasteiger partial charge on any atom is -0.378 e. The van der Waals surface area contributed by atoms with Gasteiger partial charge in [0.25, 0.3) is 5.91 Å². The molecule has 0 heterocycles. The van der Waals surface area contributed by atoms with Gasteiger partial charge in [0.05, 0.1) is 0 Å². The maximum atomic E-state index is 11.7. The van der Waals surface area contributed by atoms with Crippen molar-refractivity contribution in [3.05, 3.63) is 34.9 Å². The predicted octanol–water partition coefficient (Wildman–Crippen LogP) is 2.25. The second-order valence-electron chi connectivity index (χ2n) is 4.41. The number of aliphatic hydroxyl groups excluding tert-OH is 1. The first kappa shape index (κ1) is 13.7. The van der Waals surface area contributed by atoms with E-state index in [0.717, 1.165) is 24.0 Å². The number of nitrogens with one attached hydrogen (secondary N) is 1. The number of rotatable bonds is 5. The quantitative estimate of drug-likeness (QED) is 0.769. The summed E-state index contributed by atoms with van der Waals surface area (Å²) in [6.07, 6.45) is 0.901. The molecule has 0 saturated heterocycles. The van der Waals surface area contributed by atoms with Crippen molar-refractivity contribution >= 4 is 5.91 Å². The molecule has 0 radical (unpaired) electrons. The van der Waals surface area contributed by atoms with Crippen molar-refractivity contribution in [1.29, 1.82) is 0 Å². The van der Waals surface area contributed by atoms with E-state index in [1.54, 1.807) is 0 Å². The minimum absolute atomic E-state index is 0.314. The second kappa shape index (κ2) is 6.40. The smallest absolute Gasteiger partial charge is 0.253 e. The van der Waals surface area contributed by atoms with Gasteiger partial charge in [-0.2, -0.15) is 0 Å². The van der Waals surface area contributed by atoms with Gasteiger partial charge < -0.3 is 10.4 Å². The van der Waals surface area contributed by atoms with Crippen LogP contribution < -0.4 is 5.32 Å². The molecule has 0 spiro atoms. The fourth-order valence-corrected chi connectivity index (χ4v) is 1.76. The Morgan fingerprint density at radius 1 is 1.41 bits per heavy atom. The summed E-state index contributed by atoms with van der Waals surface area (Å²) in [4.78, 5) is 11.7. The van der Waals surface area contributed by atoms with Crippen LogP contribution >= 0.6 is 0 Å². The standard InChI is InChI=1S/C14H21NO2/c1-4-5-8-15-14(17)13(16)12-7-6-10(2)9-11(12)3/h6-7,9,13,16H,4-5,8H2,1-3H3,(H,15,17). The Morgan fingerprint density at radius 2 is 2.12 bits per heavy atom. The van der Waals surface area contributed by atoms with Gasteiger partial charge in [0.1, 0.15) is 0 Å². The summed E-state index contributed by atoms with van der Waals surface area (Å²) < 4.78 is 0. The third-order valence-electron chi connectivity index (χ3n) is 2.80. The summed E-state index contributed by atoms with van der Waals surface area (Å²) in [7, 11) is 0. The van der Waals surface area contributed by atoms with Gasteiger partial charge in [0.2, 0.25) is 0 Å². The lowest BCUT2D eigenvalue weighted by atomic mass is 10.0. The number of carbonyl (C=O) groups excluding carboxylic acids is 1. The maximum Gasteiger partial charge on any atom is 0.253 e. The van der Waals surface area contributed by atoms with Crippen molar-refractivity contribution in [3.8, 4) is 0 Å². The van der Waals surface area contributed by atoms with Gasteiger partial charge in [-0.05, 0) is 31.4 Å². The van der Waals surface area contributed by atoms with Gasteiger partial charge in [-0.15, -0.1) is 0 Å². The normalized spacial score (nSPS) is 12.2. The Kier molecular flexibility index (Phi) is 5.16. The van der Waals surface area contributed by atoms with E-state index in [9.17, 15) is 9.90 Å². The topological polar surface area (TPSA) is 49.3 Å². The fourth-order valence-electron chi connectivity index (χ4n) is 1.76. The Bertz CT molecular complexity index is 388. The molecule has 0 bridgehead atoms. The Hall–Kier alpha value is -1.35. The van der Waals surface area contributed by atoms with Crippen molar-refractivity contribution in [1.82, 2.24) is 5.32 Å². The highest BCUT2D eigenvalue weighted by atomic mass is 16.3. The molecule has 0 saturated carbocycles. The van der Waals surface area contributed by atoms with Crippen LogP contribution in [0.15, 0.2) is 18.2 Å². The molecule has 0 aliphatic carbocycles. The molecule has 2 N–H and O–H groups in total. The summed E-state index contributed by atoms with van der Waals surface area (Å²) in [5.41, 5.74) is 2.76. The Balaban J connectivity index is 2.68. The van der Waals surface area contributed by atoms with E-state index in [1.165, 1.54) is 0 Å². The van der Waals surface area contributed by atoms with Crippen LogP contribution in [0.2, 0.25) is 0 Å². The Morgan fingerprint density at radius 3 is 2.71 bits per heavy atom. The molecular weight excluding hydrogens is 214 g/mol. The van der Waals surface area contributed by atoms with E-state index in [-0.39, 0.29) is 5.91 Å². The molecule has 3 heteroatoms. The molecule has 0 fully saturated rings. The third-order valence-corrected chi connectivity index (χ3v) is 2.80. The molecule has 0 aliphatic rings. The highest BCUT2D eigenvalue weighted by molar-refractivity contribution is 5.82. The number of benzene rings is 1. The second-order valence-corrected chi connectivity index (χ2v) is 4.41. The van der Waals surface area contributed by atoms with Crippen LogP contribution in [0.4, 0.5) is 0 Å². The highest BCUT2D eigenvalue weighted by Gasteiger charge is 2.18. The van der Waals surface area contributed by atoms with E-state index in [1.807, 2.05) is 32.0 Å². The van der Waals surface area contributed by atoms with E-state index in [0.29, 0.717) is 12.1 Å². The molecule has 1 atom stereocenters. The molecule has 1 amide bonds. The first-order chi connectivity index (χ1) is 8.06. The number of aliphatic hydroxyl groups is 1. The molecule has 1 unspecified atom stereocenters. The molecule has 3 nitrogen and oxygen atoms in total. The first-order valence-corrected chi connectivity index (χ1v) is 6.09. The van der Waals surface area contributed by atoms with Crippen LogP contribution in [0, 0.1) is 13.8 Å². The SMILES string of the molecule is CCCCNC(=O)C(O)c1ccc(C)cc1C. The van der Waals surface area contributed by atoms with Gasteiger partial charge >= 0.3 is 0 Å². The summed E-state index contributed by atoms with van der Waals surface area (Å²) in [5.74, 6) is -0.314. The van der Waals surface area contributed by atoms with Crippen LogP contribution in [0.5, 0.6) is 0 Å². The third kappa shape index (κ3) is 3.86. The van der Waals surface area contributed by atoms with Gasteiger partial charge in [0, 0.05) is 6.54 Å². The van der Waals surface area contributed by atoms with E-state index in [2.05, 4.69) is 12.2 Å². The van der Waals surface area contributed by atoms with Crippen molar-refractivity contribution in [2.75, 3.05) is 6.54 Å². The molecule has 17 heavy (non-hydrogen) atoms. The zero-order valence-corrected chi connectivity index (χ0v) is 10.8. The van der Waals surface area contributed by atoms with Crippen molar-refractivity contribution in [3.63, 3.8) is 0 Å². The average Bonchev–Trinajstić information content (AvgIpc) is 2.28. The molecule has 0 aliphatic heterocycles. The maximum absolute atomic E-state index is 11.7. The summed E-state index contributed by atoms with van der Waals surface area (Å²) in [5, 5.41) is 12.7. The number of unbranched alkanes of at least 4 members (excludes halogenated alkanes) is 1. The molecule has 94 valence electrons. The van der Waals surface area contributed by atoms with Crippen molar-refractivity contribution in [2.45, 2.75) is 39.7 Å². The van der Waals surface area contributed by atoms with Crippen LogP contribution in [-0.2, 0) is 4.79 Å². The zero-order chi connectivity index (χ0) is 12.8. The minimum atomic E-state index is -1.06. The Labute approximate surface area is 103 Å². The predicted molar refractivity (Wildman–Crippen MR) is 68.8 cm³/mol. The van der Waals surface area contributed by atoms with Crippen molar-refractivity contribution < 1.29 is 9.90 Å². The van der Waals surface area contributed by atoms with Gasteiger partial charge in [-0.3, -0.25) is 4.79 Å². The number of carbonyl (C=O) groups is 1. The van der Waals surface area contributed by atoms with Crippen LogP contribution in [-0.4, -0.2) is 17.6 Å². The monoisotopic (exact) mass is 235 g/mol. The highest BCUT2D eigenvalue weighted by Crippen LogP contribution is 2.18. The van der Waals surface area contributed by atoms with Gasteiger partial charge in [0.15, 0.2) is 6.10 Å². The lowest BCUT2D eigenvalue weighted by molar-refractivity contribution is -0.129. The van der Waals surface area contributed by atoms with Gasteiger partial charge in [-0.25, -0.2) is 0 Å². The van der Waals surface area contributed by atoms with Gasteiger partial charge in [-0.1, -0.05) is 37.1 Å². The van der Waals surface area contributed by atoms with E-state index in [4.69, 9.17) is 0 Å². The van der Waals surface area contributed by atoms with Crippen LogP contribution in [0.25, 0.3) is 0 Å². The number of hydrogen-bond acceptors (Lipinski definition) is 2. The lowest BCUT2D eigenvalue weighted by Crippen LogP contribution is -2.30. The zero-order valence-electron chi connectivity index (χ0n) is 10.8. The molecule has 1 aromatic carbocycles. The van der Waals surface area contributed by atoms with E-state index < -0.39 is 6.10 Å². The number of hydrogen-bond donors (Lipinski definition) is 2. The lowest BCUT2D eigenvalue weighted by Gasteiger charge is -2.14. The molecule has 1 aromatic rings. The fraction of sp³-hybridized carbons (Fsp3) is 0.500. The average molecular weight is 235 g/mol. The summed E-state index contributed by atoms with van der Waals surface area (Å²) in [6, 6.07) is 5.69. The molecule has 0 aromatic heterocycles. The summed E-state index contributed by atoms with van der Waals surface area (Å²) >= 11 is 0. The summed E-state index contributed by atoms with van der Waals surface area (Å²) in [6.45, 7) is 6.58. The van der Waals surface area contributed by atoms with E-state index >= 15 is 0 Å². The molecular formula is C14H21NO2.